The van der Waals surface area contributed by atoms with Crippen LogP contribution in [0.4, 0.5) is 13.2 Å². The second kappa shape index (κ2) is 3.42. The molecule has 1 radical (unpaired) electrons. The Morgan fingerprint density at radius 1 is 1.27 bits per heavy atom. The summed E-state index contributed by atoms with van der Waals surface area (Å²) in [5.41, 5.74) is 0.208. The summed E-state index contributed by atoms with van der Waals surface area (Å²) in [4.78, 5) is 0. The third-order valence-corrected chi connectivity index (χ3v) is 1.17. The van der Waals surface area contributed by atoms with E-state index >= 15 is 0 Å². The van der Waals surface area contributed by atoms with E-state index in [2.05, 4.69) is 0 Å². The summed E-state index contributed by atoms with van der Waals surface area (Å²) in [5.74, 6) is -0.501. The molecular formula is C8H6F3. The first kappa shape index (κ1) is 8.11. The van der Waals surface area contributed by atoms with Crippen molar-refractivity contribution in [2.24, 2.45) is 0 Å². The highest BCUT2D eigenvalue weighted by Gasteiger charge is 2.04. The summed E-state index contributed by atoms with van der Waals surface area (Å²) in [6.07, 6.45) is -1.83. The normalized spacial score (nSPS) is 10.5. The average molecular weight is 159 g/mol. The Balaban J connectivity index is 2.71. The summed E-state index contributed by atoms with van der Waals surface area (Å²) in [5, 5.41) is 0. The molecule has 0 heterocycles. The van der Waals surface area contributed by atoms with E-state index in [1.54, 1.807) is 0 Å². The summed E-state index contributed by atoms with van der Waals surface area (Å²) >= 11 is 0. The van der Waals surface area contributed by atoms with Crippen LogP contribution in [-0.4, -0.2) is 6.43 Å². The van der Waals surface area contributed by atoms with Gasteiger partial charge >= 0.3 is 0 Å². The lowest BCUT2D eigenvalue weighted by molar-refractivity contribution is 0.189. The summed E-state index contributed by atoms with van der Waals surface area (Å²) in [6.45, 7) is 0. The lowest BCUT2D eigenvalue weighted by Gasteiger charge is -1.97. The fourth-order valence-electron chi connectivity index (χ4n) is 0.756. The van der Waals surface area contributed by atoms with E-state index in [-0.39, 0.29) is 5.56 Å². The van der Waals surface area contributed by atoms with Gasteiger partial charge in [-0.05, 0) is 17.7 Å². The van der Waals surface area contributed by atoms with Crippen LogP contribution in [-0.2, 0) is 0 Å². The van der Waals surface area contributed by atoms with Crippen LogP contribution in [0.15, 0.2) is 24.3 Å². The summed E-state index contributed by atoms with van der Waals surface area (Å²) < 4.78 is 35.7. The van der Waals surface area contributed by atoms with Gasteiger partial charge in [-0.1, -0.05) is 12.1 Å². The van der Waals surface area contributed by atoms with Crippen molar-refractivity contribution >= 4 is 0 Å². The molecule has 0 N–H and O–H groups in total. The van der Waals surface area contributed by atoms with E-state index in [1.165, 1.54) is 18.2 Å². The molecular weight excluding hydrogens is 153 g/mol. The maximum Gasteiger partial charge on any atom is 0.246 e. The van der Waals surface area contributed by atoms with Crippen molar-refractivity contribution in [3.63, 3.8) is 0 Å². The molecule has 0 atom stereocenters. The Kier molecular flexibility index (Phi) is 2.52. The van der Waals surface area contributed by atoms with Crippen molar-refractivity contribution in [2.75, 3.05) is 0 Å². The van der Waals surface area contributed by atoms with Crippen LogP contribution in [0.25, 0.3) is 0 Å². The van der Waals surface area contributed by atoms with Crippen LogP contribution in [0.1, 0.15) is 5.56 Å². The highest BCUT2D eigenvalue weighted by molar-refractivity contribution is 5.23. The summed E-state index contributed by atoms with van der Waals surface area (Å²) in [6, 6.07) is 5.09. The van der Waals surface area contributed by atoms with Crippen molar-refractivity contribution in [3.05, 3.63) is 42.1 Å². The predicted molar refractivity (Wildman–Crippen MR) is 35.8 cm³/mol. The Hall–Kier alpha value is -0.990. The number of rotatable bonds is 2. The molecule has 0 nitrogen and oxygen atoms in total. The van der Waals surface area contributed by atoms with Crippen molar-refractivity contribution in [2.45, 2.75) is 6.43 Å². The lowest BCUT2D eigenvalue weighted by Crippen LogP contribution is -1.93. The Labute approximate surface area is 62.7 Å². The topological polar surface area (TPSA) is 0 Å². The van der Waals surface area contributed by atoms with Gasteiger partial charge in [0, 0.05) is 0 Å². The number of halogens is 3. The first-order valence-corrected chi connectivity index (χ1v) is 3.07. The van der Waals surface area contributed by atoms with Gasteiger partial charge in [0.15, 0.2) is 0 Å². The van der Waals surface area contributed by atoms with Crippen molar-refractivity contribution < 1.29 is 13.2 Å². The van der Waals surface area contributed by atoms with Gasteiger partial charge in [-0.3, -0.25) is 0 Å². The van der Waals surface area contributed by atoms with E-state index in [0.29, 0.717) is 6.42 Å². The Morgan fingerprint density at radius 3 is 2.55 bits per heavy atom. The van der Waals surface area contributed by atoms with Gasteiger partial charge in [-0.2, -0.15) is 0 Å². The number of benzene rings is 1. The van der Waals surface area contributed by atoms with E-state index in [9.17, 15) is 13.2 Å². The van der Waals surface area contributed by atoms with E-state index in [4.69, 9.17) is 0 Å². The highest BCUT2D eigenvalue weighted by Crippen LogP contribution is 2.10. The molecule has 0 aliphatic heterocycles. The molecule has 1 rings (SSSR count). The minimum atomic E-state index is -2.53. The van der Waals surface area contributed by atoms with Gasteiger partial charge in [-0.15, -0.1) is 0 Å². The molecule has 59 valence electrons. The highest BCUT2D eigenvalue weighted by atomic mass is 19.3. The molecule has 0 saturated heterocycles. The zero-order chi connectivity index (χ0) is 8.27. The smallest absolute Gasteiger partial charge is 0.210 e. The van der Waals surface area contributed by atoms with E-state index in [1.807, 2.05) is 0 Å². The molecule has 0 unspecified atom stereocenters. The third-order valence-electron chi connectivity index (χ3n) is 1.17. The van der Waals surface area contributed by atoms with Crippen LogP contribution in [0.3, 0.4) is 0 Å². The first-order chi connectivity index (χ1) is 5.18. The first-order valence-electron chi connectivity index (χ1n) is 3.07. The average Bonchev–Trinajstić information content (AvgIpc) is 1.85. The molecule has 0 aromatic heterocycles. The second-order valence-electron chi connectivity index (χ2n) is 2.06. The van der Waals surface area contributed by atoms with Crippen molar-refractivity contribution in [1.82, 2.24) is 0 Å². The van der Waals surface area contributed by atoms with E-state index < -0.39 is 12.2 Å². The van der Waals surface area contributed by atoms with Crippen LogP contribution >= 0.6 is 0 Å². The van der Waals surface area contributed by atoms with Crippen LogP contribution < -0.4 is 0 Å². The largest absolute Gasteiger partial charge is 0.246 e. The molecule has 0 spiro atoms. The molecule has 0 saturated carbocycles. The van der Waals surface area contributed by atoms with Gasteiger partial charge in [0.25, 0.3) is 0 Å². The monoisotopic (exact) mass is 159 g/mol. The quantitative estimate of drug-likeness (QED) is 0.622. The molecule has 0 bridgehead atoms. The molecule has 0 amide bonds. The van der Waals surface area contributed by atoms with Crippen molar-refractivity contribution in [3.8, 4) is 0 Å². The number of hydrogen-bond acceptors (Lipinski definition) is 0. The summed E-state index contributed by atoms with van der Waals surface area (Å²) in [7, 11) is 0. The fourth-order valence-corrected chi connectivity index (χ4v) is 0.756. The maximum absolute atomic E-state index is 12.4. The van der Waals surface area contributed by atoms with Gasteiger partial charge < -0.3 is 0 Å². The zero-order valence-electron chi connectivity index (χ0n) is 5.60. The maximum atomic E-state index is 12.4. The second-order valence-corrected chi connectivity index (χ2v) is 2.06. The van der Waals surface area contributed by atoms with Gasteiger partial charge in [-0.25, -0.2) is 13.2 Å². The minimum Gasteiger partial charge on any atom is -0.210 e. The van der Waals surface area contributed by atoms with Crippen LogP contribution in [0.5, 0.6) is 0 Å². The third kappa shape index (κ3) is 2.62. The molecule has 3 heteroatoms. The van der Waals surface area contributed by atoms with Crippen molar-refractivity contribution in [1.29, 1.82) is 0 Å². The zero-order valence-corrected chi connectivity index (χ0v) is 5.60. The van der Waals surface area contributed by atoms with Gasteiger partial charge in [0.05, 0.1) is 6.42 Å². The molecule has 0 aliphatic carbocycles. The number of alkyl halides is 2. The molecule has 0 aliphatic rings. The van der Waals surface area contributed by atoms with Gasteiger partial charge in [0.2, 0.25) is 6.43 Å². The minimum absolute atomic E-state index is 0.208. The lowest BCUT2D eigenvalue weighted by atomic mass is 10.1. The standard InChI is InChI=1S/C8H6F3/c9-7-3-1-2-6(4-7)5-8(10)11/h1-5,8H. The predicted octanol–water partition coefficient (Wildman–Crippen LogP) is 2.64. The Morgan fingerprint density at radius 2 is 2.00 bits per heavy atom. The molecule has 1 aromatic rings. The van der Waals surface area contributed by atoms with Crippen LogP contribution in [0.2, 0.25) is 0 Å². The number of hydrogen-bond donors (Lipinski definition) is 0. The molecule has 11 heavy (non-hydrogen) atoms. The van der Waals surface area contributed by atoms with E-state index in [0.717, 1.165) is 6.07 Å². The fraction of sp³-hybridized carbons (Fsp3) is 0.125. The van der Waals surface area contributed by atoms with Gasteiger partial charge in [0.1, 0.15) is 5.82 Å². The molecule has 0 fully saturated rings. The van der Waals surface area contributed by atoms with Crippen LogP contribution in [0, 0.1) is 12.2 Å². The molecule has 1 aromatic carbocycles. The SMILES string of the molecule is Fc1cccc([CH]C(F)F)c1. The Bertz CT molecular complexity index is 233.